The van der Waals surface area contributed by atoms with Gasteiger partial charge < -0.3 is 14.2 Å². The molecule has 0 rings (SSSR count). The maximum absolute atomic E-state index is 12.7. The first kappa shape index (κ1) is 55.6. The van der Waals surface area contributed by atoms with Gasteiger partial charge in [0.15, 0.2) is 6.10 Å². The summed E-state index contributed by atoms with van der Waals surface area (Å²) in [6, 6.07) is 0. The number of esters is 3. The van der Waals surface area contributed by atoms with E-state index in [2.05, 4.69) is 75.5 Å². The van der Waals surface area contributed by atoms with Crippen LogP contribution in [-0.2, 0) is 28.6 Å². The summed E-state index contributed by atoms with van der Waals surface area (Å²) in [4.78, 5) is 37.8. The molecule has 0 spiro atoms. The second kappa shape index (κ2) is 47.3. The molecular weight excluding hydrogens is 733 g/mol. The maximum atomic E-state index is 12.7. The molecule has 0 fully saturated rings. The van der Waals surface area contributed by atoms with E-state index >= 15 is 0 Å². The minimum atomic E-state index is -0.821. The first-order valence-corrected chi connectivity index (χ1v) is 24.1. The molecule has 6 heteroatoms. The van der Waals surface area contributed by atoms with Gasteiger partial charge in [-0.2, -0.15) is 0 Å². The fourth-order valence-corrected chi connectivity index (χ4v) is 6.32. The van der Waals surface area contributed by atoms with E-state index in [4.69, 9.17) is 14.2 Å². The molecule has 0 heterocycles. The van der Waals surface area contributed by atoms with E-state index in [9.17, 15) is 14.4 Å². The average molecular weight is 821 g/mol. The fourth-order valence-electron chi connectivity index (χ4n) is 6.32. The highest BCUT2D eigenvalue weighted by Crippen LogP contribution is 2.12. The standard InChI is InChI=1S/C53H88O6/c1-4-7-10-13-16-19-22-25-26-29-31-34-37-40-43-46-52(55)58-49-50(59-53(56)47-44-41-38-35-32-28-24-21-18-15-12-9-6-3)48-57-51(54)45-42-39-36-33-30-27-23-20-17-14-11-8-5-2/h7,10,13,16,19,22,25-28,30,32,38,41,50H,4-6,8-9,11-12,14-15,17-18,20-21,23-24,29,31,33-37,39-40,42-49H2,1-3H3/b10-7+,16-13+,22-19+,26-25+,30-27+,32-28+,41-38+. The first-order chi connectivity index (χ1) is 29.0. The molecule has 0 amide bonds. The number of hydrogen-bond donors (Lipinski definition) is 0. The number of rotatable bonds is 42. The molecule has 0 aromatic heterocycles. The van der Waals surface area contributed by atoms with Crippen molar-refractivity contribution in [2.45, 2.75) is 219 Å². The van der Waals surface area contributed by atoms with Crippen molar-refractivity contribution in [2.24, 2.45) is 0 Å². The molecule has 0 radical (unpaired) electrons. The van der Waals surface area contributed by atoms with Crippen molar-refractivity contribution in [3.63, 3.8) is 0 Å². The van der Waals surface area contributed by atoms with Gasteiger partial charge in [-0.1, -0.05) is 196 Å². The van der Waals surface area contributed by atoms with Gasteiger partial charge in [-0.15, -0.1) is 0 Å². The summed E-state index contributed by atoms with van der Waals surface area (Å²) < 4.78 is 16.6. The summed E-state index contributed by atoms with van der Waals surface area (Å²) in [5.41, 5.74) is 0. The molecule has 0 aliphatic carbocycles. The number of hydrogen-bond acceptors (Lipinski definition) is 6. The summed E-state index contributed by atoms with van der Waals surface area (Å²) in [6.07, 6.45) is 60.0. The first-order valence-electron chi connectivity index (χ1n) is 24.1. The van der Waals surface area contributed by atoms with E-state index in [0.29, 0.717) is 19.3 Å². The molecule has 0 aromatic rings. The SMILES string of the molecule is CC/C=C/C=C/C=C/C=C/CCCCCCCC(=O)OCC(COC(=O)CCCCC/C=C/CCCCCCCC)OC(=O)CC/C=C/C/C=C/CCCCCCCC. The van der Waals surface area contributed by atoms with Crippen molar-refractivity contribution in [1.29, 1.82) is 0 Å². The van der Waals surface area contributed by atoms with Gasteiger partial charge >= 0.3 is 17.9 Å². The third-order valence-electron chi connectivity index (χ3n) is 9.96. The van der Waals surface area contributed by atoms with Crippen molar-refractivity contribution in [3.05, 3.63) is 85.1 Å². The van der Waals surface area contributed by atoms with Gasteiger partial charge in [-0.05, 0) is 83.5 Å². The van der Waals surface area contributed by atoms with Gasteiger partial charge in [-0.25, -0.2) is 0 Å². The van der Waals surface area contributed by atoms with Gasteiger partial charge in [0, 0.05) is 19.3 Å². The molecule has 0 aliphatic rings. The summed E-state index contributed by atoms with van der Waals surface area (Å²) in [7, 11) is 0. The lowest BCUT2D eigenvalue weighted by atomic mass is 10.1. The van der Waals surface area contributed by atoms with Crippen LogP contribution in [0.1, 0.15) is 213 Å². The summed E-state index contributed by atoms with van der Waals surface area (Å²) >= 11 is 0. The normalized spacial score (nSPS) is 12.8. The van der Waals surface area contributed by atoms with E-state index in [0.717, 1.165) is 89.9 Å². The molecule has 0 aromatic carbocycles. The Balaban J connectivity index is 4.52. The average Bonchev–Trinajstić information content (AvgIpc) is 3.23. The quantitative estimate of drug-likeness (QED) is 0.0201. The largest absolute Gasteiger partial charge is 0.462 e. The minimum absolute atomic E-state index is 0.116. The number of carbonyl (C=O) groups excluding carboxylic acids is 3. The van der Waals surface area contributed by atoms with Crippen LogP contribution >= 0.6 is 0 Å². The predicted molar refractivity (Wildman–Crippen MR) is 251 cm³/mol. The molecule has 0 saturated heterocycles. The lowest BCUT2D eigenvalue weighted by molar-refractivity contribution is -0.166. The van der Waals surface area contributed by atoms with Crippen molar-refractivity contribution in [3.8, 4) is 0 Å². The Morgan fingerprint density at radius 3 is 1.27 bits per heavy atom. The number of ether oxygens (including phenoxy) is 3. The van der Waals surface area contributed by atoms with Crippen LogP contribution in [0.4, 0.5) is 0 Å². The monoisotopic (exact) mass is 821 g/mol. The highest BCUT2D eigenvalue weighted by molar-refractivity contribution is 5.71. The zero-order valence-electron chi connectivity index (χ0n) is 38.2. The second-order valence-corrected chi connectivity index (χ2v) is 15.7. The fraction of sp³-hybridized carbons (Fsp3) is 0.679. The molecule has 0 aliphatic heterocycles. The molecule has 0 saturated carbocycles. The van der Waals surface area contributed by atoms with Gasteiger partial charge in [0.2, 0.25) is 0 Å². The van der Waals surface area contributed by atoms with Gasteiger partial charge in [0.25, 0.3) is 0 Å². The highest BCUT2D eigenvalue weighted by Gasteiger charge is 2.19. The number of allylic oxidation sites excluding steroid dienone is 14. The van der Waals surface area contributed by atoms with E-state index in [-0.39, 0.29) is 31.6 Å². The second-order valence-electron chi connectivity index (χ2n) is 15.7. The Morgan fingerprint density at radius 2 is 0.763 bits per heavy atom. The van der Waals surface area contributed by atoms with Crippen LogP contribution in [0.15, 0.2) is 85.1 Å². The molecule has 1 atom stereocenters. The minimum Gasteiger partial charge on any atom is -0.462 e. The maximum Gasteiger partial charge on any atom is 0.306 e. The molecule has 0 bridgehead atoms. The van der Waals surface area contributed by atoms with Crippen LogP contribution in [-0.4, -0.2) is 37.2 Å². The van der Waals surface area contributed by atoms with E-state index in [1.807, 2.05) is 30.4 Å². The Kier molecular flexibility index (Phi) is 44.5. The van der Waals surface area contributed by atoms with Crippen molar-refractivity contribution >= 4 is 17.9 Å². The van der Waals surface area contributed by atoms with Gasteiger partial charge in [0.05, 0.1) is 0 Å². The molecule has 336 valence electrons. The van der Waals surface area contributed by atoms with E-state index in [1.54, 1.807) is 0 Å². The Morgan fingerprint density at radius 1 is 0.373 bits per heavy atom. The van der Waals surface area contributed by atoms with Crippen LogP contribution in [0.25, 0.3) is 0 Å². The van der Waals surface area contributed by atoms with Gasteiger partial charge in [0.1, 0.15) is 13.2 Å². The third-order valence-corrected chi connectivity index (χ3v) is 9.96. The topological polar surface area (TPSA) is 78.9 Å². The molecule has 6 nitrogen and oxygen atoms in total. The van der Waals surface area contributed by atoms with Crippen molar-refractivity contribution < 1.29 is 28.6 Å². The molecule has 0 N–H and O–H groups in total. The smallest absolute Gasteiger partial charge is 0.306 e. The highest BCUT2D eigenvalue weighted by atomic mass is 16.6. The van der Waals surface area contributed by atoms with Crippen LogP contribution < -0.4 is 0 Å². The van der Waals surface area contributed by atoms with Crippen LogP contribution in [0.3, 0.4) is 0 Å². The number of unbranched alkanes of at least 4 members (excludes halogenated alkanes) is 20. The van der Waals surface area contributed by atoms with Crippen LogP contribution in [0.2, 0.25) is 0 Å². The molecule has 59 heavy (non-hydrogen) atoms. The zero-order valence-corrected chi connectivity index (χ0v) is 38.2. The summed E-state index contributed by atoms with van der Waals surface area (Å²) in [5.74, 6) is -1.03. The molecular formula is C53H88O6. The third kappa shape index (κ3) is 45.5. The zero-order chi connectivity index (χ0) is 43.0. The number of carbonyl (C=O) groups is 3. The Hall–Kier alpha value is -3.41. The van der Waals surface area contributed by atoms with Crippen molar-refractivity contribution in [2.75, 3.05) is 13.2 Å². The van der Waals surface area contributed by atoms with E-state index in [1.165, 1.54) is 77.0 Å². The summed E-state index contributed by atoms with van der Waals surface area (Å²) in [6.45, 7) is 6.38. The van der Waals surface area contributed by atoms with Crippen LogP contribution in [0.5, 0.6) is 0 Å². The van der Waals surface area contributed by atoms with Crippen LogP contribution in [0, 0.1) is 0 Å². The Labute approximate surface area is 363 Å². The molecule has 1 unspecified atom stereocenters. The predicted octanol–water partition coefficient (Wildman–Crippen LogP) is 15.6. The van der Waals surface area contributed by atoms with Crippen molar-refractivity contribution in [1.82, 2.24) is 0 Å². The lowest BCUT2D eigenvalue weighted by Gasteiger charge is -2.18. The lowest BCUT2D eigenvalue weighted by Crippen LogP contribution is -2.30. The van der Waals surface area contributed by atoms with E-state index < -0.39 is 12.1 Å². The Bertz CT molecular complexity index is 1170. The summed E-state index contributed by atoms with van der Waals surface area (Å²) in [5, 5.41) is 0. The van der Waals surface area contributed by atoms with Gasteiger partial charge in [-0.3, -0.25) is 14.4 Å².